The van der Waals surface area contributed by atoms with E-state index in [1.165, 1.54) is 14.2 Å². The maximum atomic E-state index is 11.1. The van der Waals surface area contributed by atoms with Gasteiger partial charge in [0.1, 0.15) is 12.6 Å². The quantitative estimate of drug-likeness (QED) is 0.716. The Bertz CT molecular complexity index is 413. The van der Waals surface area contributed by atoms with E-state index >= 15 is 0 Å². The van der Waals surface area contributed by atoms with Crippen molar-refractivity contribution < 1.29 is 24.1 Å². The summed E-state index contributed by atoms with van der Waals surface area (Å²) in [5.74, 6) is 0.460. The molecular formula is C14H21NO5. The molecule has 1 aromatic carbocycles. The third-order valence-electron chi connectivity index (χ3n) is 2.72. The van der Waals surface area contributed by atoms with Crippen LogP contribution in [0.2, 0.25) is 0 Å². The number of nitrogens with one attached hydrogen (secondary N) is 1. The largest absolute Gasteiger partial charge is 0.493 e. The lowest BCUT2D eigenvalue weighted by Crippen LogP contribution is -2.41. The number of methoxy groups -OCH3 is 2. The highest BCUT2D eigenvalue weighted by Gasteiger charge is 2.19. The molecule has 0 aliphatic carbocycles. The molecule has 0 saturated heterocycles. The number of benzene rings is 1. The van der Waals surface area contributed by atoms with Gasteiger partial charge in [-0.3, -0.25) is 4.79 Å². The second-order valence-electron chi connectivity index (χ2n) is 4.15. The first-order valence-electron chi connectivity index (χ1n) is 6.44. The van der Waals surface area contributed by atoms with E-state index in [2.05, 4.69) is 5.32 Å². The van der Waals surface area contributed by atoms with Gasteiger partial charge in [0, 0.05) is 0 Å². The summed E-state index contributed by atoms with van der Waals surface area (Å²) in [6.07, 6.45) is 0.849. The van der Waals surface area contributed by atoms with Crippen LogP contribution in [0.15, 0.2) is 18.2 Å². The molecule has 0 fully saturated rings. The molecule has 20 heavy (non-hydrogen) atoms. The minimum Gasteiger partial charge on any atom is -0.493 e. The molecule has 0 bridgehead atoms. The Morgan fingerprint density at radius 1 is 1.30 bits per heavy atom. The maximum absolute atomic E-state index is 11.1. The van der Waals surface area contributed by atoms with E-state index in [1.807, 2.05) is 6.92 Å². The highest BCUT2D eigenvalue weighted by atomic mass is 16.5. The normalized spacial score (nSPS) is 11.8. The van der Waals surface area contributed by atoms with Crippen LogP contribution < -0.4 is 19.5 Å². The van der Waals surface area contributed by atoms with Gasteiger partial charge in [0.25, 0.3) is 0 Å². The van der Waals surface area contributed by atoms with Crippen molar-refractivity contribution in [2.75, 3.05) is 27.4 Å². The zero-order valence-electron chi connectivity index (χ0n) is 12.0. The molecule has 0 aliphatic heterocycles. The minimum atomic E-state index is -0.952. The van der Waals surface area contributed by atoms with Crippen LogP contribution >= 0.6 is 0 Å². The number of aliphatic carboxylic acids is 1. The summed E-state index contributed by atoms with van der Waals surface area (Å²) in [5, 5.41) is 12.0. The van der Waals surface area contributed by atoms with Crippen LogP contribution in [0.4, 0.5) is 0 Å². The van der Waals surface area contributed by atoms with E-state index in [0.717, 1.165) is 6.42 Å². The lowest BCUT2D eigenvalue weighted by molar-refractivity contribution is -0.140. The third-order valence-corrected chi connectivity index (χ3v) is 2.72. The lowest BCUT2D eigenvalue weighted by atomic mass is 10.2. The highest BCUT2D eigenvalue weighted by Crippen LogP contribution is 2.36. The molecule has 1 rings (SSSR count). The number of ether oxygens (including phenoxy) is 3. The van der Waals surface area contributed by atoms with Crippen LogP contribution in [-0.4, -0.2) is 44.5 Å². The van der Waals surface area contributed by atoms with Gasteiger partial charge < -0.3 is 24.6 Å². The summed E-state index contributed by atoms with van der Waals surface area (Å²) >= 11 is 0. The van der Waals surface area contributed by atoms with Crippen molar-refractivity contribution in [2.24, 2.45) is 0 Å². The van der Waals surface area contributed by atoms with Crippen LogP contribution in [0.3, 0.4) is 0 Å². The van der Waals surface area contributed by atoms with E-state index in [1.54, 1.807) is 18.2 Å². The summed E-state index contributed by atoms with van der Waals surface area (Å²) < 4.78 is 16.0. The zero-order chi connectivity index (χ0) is 15.0. The van der Waals surface area contributed by atoms with E-state index in [0.29, 0.717) is 23.8 Å². The smallest absolute Gasteiger partial charge is 0.324 e. The van der Waals surface area contributed by atoms with Gasteiger partial charge in [0.15, 0.2) is 11.5 Å². The van der Waals surface area contributed by atoms with Gasteiger partial charge in [-0.2, -0.15) is 0 Å². The minimum absolute atomic E-state index is 0.00787. The van der Waals surface area contributed by atoms with Gasteiger partial charge in [-0.1, -0.05) is 13.0 Å². The van der Waals surface area contributed by atoms with Gasteiger partial charge in [-0.05, 0) is 25.1 Å². The Morgan fingerprint density at radius 2 is 1.90 bits per heavy atom. The van der Waals surface area contributed by atoms with Gasteiger partial charge in [-0.15, -0.1) is 0 Å². The SMILES string of the molecule is CCCNC(COc1c(OC)cccc1OC)C(=O)O. The molecule has 0 radical (unpaired) electrons. The number of carbonyl (C=O) groups is 1. The van der Waals surface area contributed by atoms with Gasteiger partial charge in [-0.25, -0.2) is 0 Å². The number of rotatable bonds is 9. The van der Waals surface area contributed by atoms with Crippen molar-refractivity contribution in [3.05, 3.63) is 18.2 Å². The van der Waals surface area contributed by atoms with Crippen molar-refractivity contribution in [1.82, 2.24) is 5.32 Å². The Balaban J connectivity index is 2.78. The molecule has 6 heteroatoms. The van der Waals surface area contributed by atoms with Crippen molar-refractivity contribution in [3.63, 3.8) is 0 Å². The molecule has 0 spiro atoms. The number of para-hydroxylation sites is 1. The molecule has 1 unspecified atom stereocenters. The second kappa shape index (κ2) is 8.27. The Kier molecular flexibility index (Phi) is 6.66. The Morgan fingerprint density at radius 3 is 2.35 bits per heavy atom. The monoisotopic (exact) mass is 283 g/mol. The lowest BCUT2D eigenvalue weighted by Gasteiger charge is -2.18. The number of hydrogen-bond acceptors (Lipinski definition) is 5. The molecule has 0 aliphatic rings. The van der Waals surface area contributed by atoms with E-state index < -0.39 is 12.0 Å². The zero-order valence-corrected chi connectivity index (χ0v) is 12.0. The Labute approximate surface area is 118 Å². The summed E-state index contributed by atoms with van der Waals surface area (Å²) in [6.45, 7) is 2.57. The molecule has 0 saturated carbocycles. The van der Waals surface area contributed by atoms with Crippen molar-refractivity contribution in [2.45, 2.75) is 19.4 Å². The number of hydrogen-bond donors (Lipinski definition) is 2. The predicted molar refractivity (Wildman–Crippen MR) is 74.8 cm³/mol. The van der Waals surface area contributed by atoms with Crippen LogP contribution in [0, 0.1) is 0 Å². The third kappa shape index (κ3) is 4.31. The standard InChI is InChI=1S/C14H21NO5/c1-4-8-15-10(14(16)17)9-20-13-11(18-2)6-5-7-12(13)19-3/h5-7,10,15H,4,8-9H2,1-3H3,(H,16,17). The molecular weight excluding hydrogens is 262 g/mol. The van der Waals surface area contributed by atoms with Crippen molar-refractivity contribution in [1.29, 1.82) is 0 Å². The van der Waals surface area contributed by atoms with Gasteiger partial charge in [0.05, 0.1) is 14.2 Å². The molecule has 6 nitrogen and oxygen atoms in total. The van der Waals surface area contributed by atoms with Crippen LogP contribution in [-0.2, 0) is 4.79 Å². The summed E-state index contributed by atoms with van der Waals surface area (Å²) in [4.78, 5) is 11.1. The first kappa shape index (κ1) is 16.1. The fourth-order valence-corrected chi connectivity index (χ4v) is 1.66. The van der Waals surface area contributed by atoms with E-state index in [9.17, 15) is 4.79 Å². The van der Waals surface area contributed by atoms with Gasteiger partial charge in [0.2, 0.25) is 5.75 Å². The first-order valence-corrected chi connectivity index (χ1v) is 6.44. The average Bonchev–Trinajstić information content (AvgIpc) is 2.46. The molecule has 0 heterocycles. The molecule has 112 valence electrons. The second-order valence-corrected chi connectivity index (χ2v) is 4.15. The summed E-state index contributed by atoms with van der Waals surface area (Å²) in [5.41, 5.74) is 0. The maximum Gasteiger partial charge on any atom is 0.324 e. The average molecular weight is 283 g/mol. The van der Waals surface area contributed by atoms with Gasteiger partial charge >= 0.3 is 5.97 Å². The molecule has 1 atom stereocenters. The van der Waals surface area contributed by atoms with Crippen LogP contribution in [0.5, 0.6) is 17.2 Å². The van der Waals surface area contributed by atoms with E-state index in [-0.39, 0.29) is 6.61 Å². The first-order chi connectivity index (χ1) is 9.63. The molecule has 0 amide bonds. The fourth-order valence-electron chi connectivity index (χ4n) is 1.66. The molecule has 2 N–H and O–H groups in total. The van der Waals surface area contributed by atoms with E-state index in [4.69, 9.17) is 19.3 Å². The Hall–Kier alpha value is -1.95. The molecule has 0 aromatic heterocycles. The molecule has 1 aromatic rings. The van der Waals surface area contributed by atoms with Crippen LogP contribution in [0.25, 0.3) is 0 Å². The number of carboxylic acid groups (broad SMARTS) is 1. The fraction of sp³-hybridized carbons (Fsp3) is 0.500. The topological polar surface area (TPSA) is 77.0 Å². The summed E-state index contributed by atoms with van der Waals surface area (Å²) in [6, 6.07) is 4.46. The number of carboxylic acids is 1. The van der Waals surface area contributed by atoms with Crippen LogP contribution in [0.1, 0.15) is 13.3 Å². The van der Waals surface area contributed by atoms with Crippen molar-refractivity contribution >= 4 is 5.97 Å². The summed E-state index contributed by atoms with van der Waals surface area (Å²) in [7, 11) is 3.04. The predicted octanol–water partition coefficient (Wildman–Crippen LogP) is 1.54. The highest BCUT2D eigenvalue weighted by molar-refractivity contribution is 5.73. The van der Waals surface area contributed by atoms with Crippen molar-refractivity contribution in [3.8, 4) is 17.2 Å².